The molecule has 1 aromatic carbocycles. The highest BCUT2D eigenvalue weighted by atomic mass is 32.2. The predicted molar refractivity (Wildman–Crippen MR) is 90.4 cm³/mol. The van der Waals surface area contributed by atoms with Crippen molar-refractivity contribution in [3.05, 3.63) is 41.2 Å². The molecular formula is C16H16N4O4S. The first-order valence-corrected chi connectivity index (χ1v) is 8.44. The van der Waals surface area contributed by atoms with Crippen LogP contribution in [0.4, 0.5) is 0 Å². The van der Waals surface area contributed by atoms with Crippen molar-refractivity contribution in [1.29, 1.82) is 0 Å². The Hall–Kier alpha value is -2.81. The number of aromatic nitrogens is 2. The summed E-state index contributed by atoms with van der Waals surface area (Å²) in [5.41, 5.74) is 6.76. The smallest absolute Gasteiger partial charge is 0.269 e. The van der Waals surface area contributed by atoms with E-state index in [1.807, 2.05) is 19.9 Å². The molecule has 0 saturated carbocycles. The number of nitrogens with zero attached hydrogens (tertiary/aromatic N) is 2. The highest BCUT2D eigenvalue weighted by Crippen LogP contribution is 2.32. The lowest BCUT2D eigenvalue weighted by Crippen LogP contribution is -2.42. The Labute approximate surface area is 148 Å². The van der Waals surface area contributed by atoms with Crippen LogP contribution in [0.25, 0.3) is 0 Å². The van der Waals surface area contributed by atoms with Crippen LogP contribution in [-0.4, -0.2) is 34.3 Å². The molecule has 0 bridgehead atoms. The maximum absolute atomic E-state index is 12.1. The fraction of sp³-hybridized carbons (Fsp3) is 0.250. The van der Waals surface area contributed by atoms with E-state index in [-0.39, 0.29) is 18.5 Å². The highest BCUT2D eigenvalue weighted by molar-refractivity contribution is 7.99. The second kappa shape index (κ2) is 7.39. The van der Waals surface area contributed by atoms with Crippen LogP contribution in [0, 0.1) is 13.8 Å². The Morgan fingerprint density at radius 2 is 1.80 bits per heavy atom. The number of amides is 2. The largest absolute Gasteiger partial charge is 0.454 e. The summed E-state index contributed by atoms with van der Waals surface area (Å²) in [6.07, 6.45) is 0. The molecule has 8 nitrogen and oxygen atoms in total. The summed E-state index contributed by atoms with van der Waals surface area (Å²) in [5, 5.41) is 0.523. The van der Waals surface area contributed by atoms with Crippen molar-refractivity contribution in [3.63, 3.8) is 0 Å². The number of carbonyl (C=O) groups is 2. The van der Waals surface area contributed by atoms with Gasteiger partial charge in [0.1, 0.15) is 0 Å². The number of ether oxygens (including phenoxy) is 2. The first-order valence-electron chi connectivity index (χ1n) is 7.45. The molecular weight excluding hydrogens is 344 g/mol. The van der Waals surface area contributed by atoms with E-state index in [2.05, 4.69) is 20.8 Å². The van der Waals surface area contributed by atoms with Crippen LogP contribution in [0.3, 0.4) is 0 Å². The fourth-order valence-corrected chi connectivity index (χ4v) is 2.91. The van der Waals surface area contributed by atoms with Crippen LogP contribution in [0.5, 0.6) is 11.5 Å². The molecule has 130 valence electrons. The Morgan fingerprint density at radius 3 is 2.56 bits per heavy atom. The van der Waals surface area contributed by atoms with Crippen LogP contribution < -0.4 is 20.3 Å². The molecule has 2 amide bonds. The molecule has 2 heterocycles. The van der Waals surface area contributed by atoms with E-state index in [0.717, 1.165) is 11.4 Å². The zero-order valence-electron chi connectivity index (χ0n) is 13.7. The van der Waals surface area contributed by atoms with Gasteiger partial charge in [0, 0.05) is 17.0 Å². The van der Waals surface area contributed by atoms with Crippen molar-refractivity contribution in [2.75, 3.05) is 12.5 Å². The van der Waals surface area contributed by atoms with Crippen molar-refractivity contribution in [3.8, 4) is 11.5 Å². The zero-order valence-corrected chi connectivity index (χ0v) is 14.5. The minimum atomic E-state index is -0.445. The SMILES string of the molecule is Cc1cc(C)nc(SCC(=O)NNC(=O)c2ccc3c(c2)OCO3)n1. The topological polar surface area (TPSA) is 102 Å². The van der Waals surface area contributed by atoms with E-state index in [4.69, 9.17) is 9.47 Å². The van der Waals surface area contributed by atoms with Gasteiger partial charge >= 0.3 is 0 Å². The lowest BCUT2D eigenvalue weighted by Gasteiger charge is -2.08. The molecule has 2 N–H and O–H groups in total. The summed E-state index contributed by atoms with van der Waals surface area (Å²) in [7, 11) is 0. The maximum atomic E-state index is 12.1. The quantitative estimate of drug-likeness (QED) is 0.482. The van der Waals surface area contributed by atoms with E-state index in [1.165, 1.54) is 11.8 Å². The predicted octanol–water partition coefficient (Wildman–Crippen LogP) is 1.38. The molecule has 0 saturated heterocycles. The van der Waals surface area contributed by atoms with Gasteiger partial charge in [-0.1, -0.05) is 11.8 Å². The summed E-state index contributed by atoms with van der Waals surface area (Å²) in [6.45, 7) is 3.86. The minimum absolute atomic E-state index is 0.0876. The van der Waals surface area contributed by atoms with E-state index in [1.54, 1.807) is 18.2 Å². The van der Waals surface area contributed by atoms with Gasteiger partial charge in [-0.2, -0.15) is 0 Å². The van der Waals surface area contributed by atoms with Crippen molar-refractivity contribution < 1.29 is 19.1 Å². The Bertz CT molecular complexity index is 808. The lowest BCUT2D eigenvalue weighted by atomic mass is 10.2. The molecule has 1 aliphatic rings. The van der Waals surface area contributed by atoms with Crippen LogP contribution in [-0.2, 0) is 4.79 Å². The number of benzene rings is 1. The zero-order chi connectivity index (χ0) is 17.8. The number of fused-ring (bicyclic) bond motifs is 1. The fourth-order valence-electron chi connectivity index (χ4n) is 2.16. The number of hydrogen-bond donors (Lipinski definition) is 2. The van der Waals surface area contributed by atoms with E-state index in [9.17, 15) is 9.59 Å². The lowest BCUT2D eigenvalue weighted by molar-refractivity contribution is -0.119. The third-order valence-corrected chi connectivity index (χ3v) is 4.09. The molecule has 1 aliphatic heterocycles. The molecule has 0 aliphatic carbocycles. The van der Waals surface area contributed by atoms with Gasteiger partial charge in [-0.05, 0) is 38.1 Å². The first-order chi connectivity index (χ1) is 12.0. The van der Waals surface area contributed by atoms with E-state index < -0.39 is 5.91 Å². The van der Waals surface area contributed by atoms with Gasteiger partial charge in [0.05, 0.1) is 5.75 Å². The number of carbonyl (C=O) groups excluding carboxylic acids is 2. The molecule has 0 radical (unpaired) electrons. The number of aryl methyl sites for hydroxylation is 2. The number of rotatable bonds is 4. The molecule has 1 aromatic heterocycles. The summed E-state index contributed by atoms with van der Waals surface area (Å²) in [4.78, 5) is 32.4. The van der Waals surface area contributed by atoms with Crippen LogP contribution in [0.15, 0.2) is 29.4 Å². The number of thioether (sulfide) groups is 1. The monoisotopic (exact) mass is 360 g/mol. The minimum Gasteiger partial charge on any atom is -0.454 e. The normalized spacial score (nSPS) is 11.9. The van der Waals surface area contributed by atoms with Gasteiger partial charge in [0.25, 0.3) is 5.91 Å². The molecule has 25 heavy (non-hydrogen) atoms. The van der Waals surface area contributed by atoms with Gasteiger partial charge in [-0.25, -0.2) is 9.97 Å². The maximum Gasteiger partial charge on any atom is 0.269 e. The van der Waals surface area contributed by atoms with Gasteiger partial charge in [0.15, 0.2) is 16.7 Å². The molecule has 2 aromatic rings. The van der Waals surface area contributed by atoms with Crippen molar-refractivity contribution in [2.24, 2.45) is 0 Å². The molecule has 9 heteroatoms. The van der Waals surface area contributed by atoms with Crippen LogP contribution in [0.2, 0.25) is 0 Å². The van der Waals surface area contributed by atoms with Crippen LogP contribution >= 0.6 is 11.8 Å². The van der Waals surface area contributed by atoms with Gasteiger partial charge < -0.3 is 9.47 Å². The third-order valence-electron chi connectivity index (χ3n) is 3.24. The summed E-state index contributed by atoms with van der Waals surface area (Å²) in [6, 6.07) is 6.65. The third kappa shape index (κ3) is 4.38. The summed E-state index contributed by atoms with van der Waals surface area (Å²) in [5.74, 6) is 0.373. The van der Waals surface area contributed by atoms with E-state index in [0.29, 0.717) is 22.2 Å². The Balaban J connectivity index is 1.49. The van der Waals surface area contributed by atoms with Crippen molar-refractivity contribution in [2.45, 2.75) is 19.0 Å². The molecule has 0 fully saturated rings. The average molecular weight is 360 g/mol. The molecule has 0 unspecified atom stereocenters. The summed E-state index contributed by atoms with van der Waals surface area (Å²) >= 11 is 1.20. The molecule has 0 spiro atoms. The standard InChI is InChI=1S/C16H16N4O4S/c1-9-5-10(2)18-16(17-9)25-7-14(21)19-20-15(22)11-3-4-12-13(6-11)24-8-23-12/h3-6H,7-8H2,1-2H3,(H,19,21)(H,20,22). The average Bonchev–Trinajstić information content (AvgIpc) is 3.04. The Morgan fingerprint density at radius 1 is 1.08 bits per heavy atom. The van der Waals surface area contributed by atoms with Gasteiger partial charge in [0.2, 0.25) is 12.7 Å². The summed E-state index contributed by atoms with van der Waals surface area (Å²) < 4.78 is 10.4. The molecule has 0 atom stereocenters. The van der Waals surface area contributed by atoms with Crippen molar-refractivity contribution in [1.82, 2.24) is 20.8 Å². The second-order valence-electron chi connectivity index (χ2n) is 5.29. The van der Waals surface area contributed by atoms with Crippen molar-refractivity contribution >= 4 is 23.6 Å². The van der Waals surface area contributed by atoms with E-state index >= 15 is 0 Å². The highest BCUT2D eigenvalue weighted by Gasteiger charge is 2.16. The molecule has 3 rings (SSSR count). The number of hydrazine groups is 1. The van der Waals surface area contributed by atoms with Crippen LogP contribution in [0.1, 0.15) is 21.7 Å². The van der Waals surface area contributed by atoms with Gasteiger partial charge in [-0.3, -0.25) is 20.4 Å². The second-order valence-corrected chi connectivity index (χ2v) is 6.23. The number of hydrogen-bond acceptors (Lipinski definition) is 7. The first kappa shape index (κ1) is 17.0. The Kier molecular flexibility index (Phi) is 5.03. The van der Waals surface area contributed by atoms with Gasteiger partial charge in [-0.15, -0.1) is 0 Å². The number of nitrogens with one attached hydrogen (secondary N) is 2.